The highest BCUT2D eigenvalue weighted by atomic mass is 16.5. The minimum absolute atomic E-state index is 0.192. The van der Waals surface area contributed by atoms with Gasteiger partial charge in [-0.1, -0.05) is 6.07 Å². The van der Waals surface area contributed by atoms with E-state index in [0.717, 1.165) is 23.1 Å². The number of hydrogen-bond donors (Lipinski definition) is 1. The number of carbonyl (C=O) groups is 3. The van der Waals surface area contributed by atoms with E-state index in [1.54, 1.807) is 26.0 Å². The van der Waals surface area contributed by atoms with E-state index in [9.17, 15) is 14.4 Å². The lowest BCUT2D eigenvalue weighted by molar-refractivity contribution is 0.0527. The van der Waals surface area contributed by atoms with Crippen LogP contribution in [-0.4, -0.2) is 46.2 Å². The van der Waals surface area contributed by atoms with Crippen LogP contribution in [0.1, 0.15) is 73.0 Å². The predicted octanol–water partition coefficient (Wildman–Crippen LogP) is 2.73. The van der Waals surface area contributed by atoms with Crippen LogP contribution in [0, 0.1) is 13.8 Å². The van der Waals surface area contributed by atoms with Crippen molar-refractivity contribution in [2.24, 2.45) is 0 Å². The van der Waals surface area contributed by atoms with Crippen LogP contribution in [0.3, 0.4) is 0 Å². The molecule has 0 saturated heterocycles. The Morgan fingerprint density at radius 3 is 2.69 bits per heavy atom. The number of rotatable bonds is 5. The lowest BCUT2D eigenvalue weighted by Crippen LogP contribution is -2.28. The highest BCUT2D eigenvalue weighted by molar-refractivity contribution is 5.98. The molecule has 3 aromatic rings. The van der Waals surface area contributed by atoms with E-state index in [1.807, 2.05) is 13.0 Å². The Morgan fingerprint density at radius 2 is 1.97 bits per heavy atom. The van der Waals surface area contributed by atoms with E-state index in [-0.39, 0.29) is 41.4 Å². The highest BCUT2D eigenvalue weighted by Gasteiger charge is 2.28. The van der Waals surface area contributed by atoms with Crippen LogP contribution >= 0.6 is 0 Å². The first-order valence-electron chi connectivity index (χ1n) is 10.4. The van der Waals surface area contributed by atoms with Crippen molar-refractivity contribution in [1.29, 1.82) is 0 Å². The molecule has 2 aromatic heterocycles. The second-order valence-electron chi connectivity index (χ2n) is 7.66. The van der Waals surface area contributed by atoms with Crippen LogP contribution in [0.25, 0.3) is 5.65 Å². The molecule has 0 radical (unpaired) electrons. The molecule has 1 aliphatic rings. The molecule has 1 atom stereocenters. The third-order valence-electron chi connectivity index (χ3n) is 5.78. The van der Waals surface area contributed by atoms with Gasteiger partial charge in [-0.25, -0.2) is 19.1 Å². The number of ether oxygens (including phenoxy) is 2. The second-order valence-corrected chi connectivity index (χ2v) is 7.66. The Morgan fingerprint density at radius 1 is 1.19 bits per heavy atom. The van der Waals surface area contributed by atoms with E-state index in [2.05, 4.69) is 15.4 Å². The van der Waals surface area contributed by atoms with Crippen molar-refractivity contribution in [2.45, 2.75) is 39.7 Å². The normalized spacial score (nSPS) is 14.8. The van der Waals surface area contributed by atoms with Crippen molar-refractivity contribution >= 4 is 23.5 Å². The van der Waals surface area contributed by atoms with Gasteiger partial charge in [-0.15, -0.1) is 0 Å². The Bertz CT molecular complexity index is 1250. The number of carbonyl (C=O) groups excluding carboxylic acids is 3. The molecule has 0 bridgehead atoms. The van der Waals surface area contributed by atoms with Crippen molar-refractivity contribution in [3.8, 4) is 0 Å². The fourth-order valence-electron chi connectivity index (χ4n) is 4.18. The van der Waals surface area contributed by atoms with Gasteiger partial charge < -0.3 is 14.8 Å². The van der Waals surface area contributed by atoms with Crippen LogP contribution in [0.15, 0.2) is 24.4 Å². The van der Waals surface area contributed by atoms with E-state index >= 15 is 0 Å². The van der Waals surface area contributed by atoms with Gasteiger partial charge >= 0.3 is 11.9 Å². The van der Waals surface area contributed by atoms with Crippen LogP contribution in [0.5, 0.6) is 0 Å². The first kappa shape index (κ1) is 21.5. The number of amides is 1. The summed E-state index contributed by atoms with van der Waals surface area (Å²) in [6, 6.07) is 5.03. The second kappa shape index (κ2) is 8.41. The molecule has 0 saturated carbocycles. The minimum Gasteiger partial charge on any atom is -0.465 e. The quantitative estimate of drug-likeness (QED) is 0.612. The zero-order valence-corrected chi connectivity index (χ0v) is 18.4. The first-order chi connectivity index (χ1) is 15.3. The van der Waals surface area contributed by atoms with Crippen molar-refractivity contribution in [1.82, 2.24) is 19.9 Å². The maximum atomic E-state index is 13.0. The van der Waals surface area contributed by atoms with Crippen molar-refractivity contribution in [3.63, 3.8) is 0 Å². The van der Waals surface area contributed by atoms with Crippen LogP contribution < -0.4 is 5.32 Å². The number of aromatic nitrogens is 3. The number of methoxy groups -OCH3 is 1. The number of hydrogen-bond acceptors (Lipinski definition) is 7. The van der Waals surface area contributed by atoms with E-state index in [1.165, 1.54) is 17.8 Å². The predicted molar refractivity (Wildman–Crippen MR) is 115 cm³/mol. The summed E-state index contributed by atoms with van der Waals surface area (Å²) in [5.74, 6) is -1.25. The third-order valence-corrected chi connectivity index (χ3v) is 5.78. The lowest BCUT2D eigenvalue weighted by Gasteiger charge is -2.16. The van der Waals surface area contributed by atoms with Crippen molar-refractivity contribution in [2.75, 3.05) is 13.7 Å². The van der Waals surface area contributed by atoms with Gasteiger partial charge in [0.2, 0.25) is 0 Å². The standard InChI is InChI=1S/C23H24N4O5/c1-5-32-23(30)17-11-24-27-12(2)10-19(25-20(17)27)21(28)26-18-9-8-14-13(3)15(22(29)31-4)6-7-16(14)18/h6-7,10-11,18H,5,8-9H2,1-4H3,(H,26,28)/t18-/m1/s1. The Labute approximate surface area is 184 Å². The van der Waals surface area contributed by atoms with E-state index in [4.69, 9.17) is 9.47 Å². The third kappa shape index (κ3) is 3.59. The first-order valence-corrected chi connectivity index (χ1v) is 10.4. The van der Waals surface area contributed by atoms with Gasteiger partial charge in [0.15, 0.2) is 5.65 Å². The molecule has 0 spiro atoms. The van der Waals surface area contributed by atoms with Crippen molar-refractivity contribution in [3.05, 3.63) is 63.6 Å². The van der Waals surface area contributed by atoms with Gasteiger partial charge in [-0.2, -0.15) is 5.10 Å². The van der Waals surface area contributed by atoms with Crippen molar-refractivity contribution < 1.29 is 23.9 Å². The average molecular weight is 436 g/mol. The molecule has 0 aliphatic heterocycles. The topological polar surface area (TPSA) is 112 Å². The van der Waals surface area contributed by atoms with Gasteiger partial charge in [0.05, 0.1) is 31.5 Å². The highest BCUT2D eigenvalue weighted by Crippen LogP contribution is 2.35. The molecule has 166 valence electrons. The Kier molecular flexibility index (Phi) is 5.65. The van der Waals surface area contributed by atoms with Gasteiger partial charge in [-0.05, 0) is 62.4 Å². The SMILES string of the molecule is CCOC(=O)c1cnn2c(C)cc(C(=O)N[C@@H]3CCc4c3ccc(C(=O)OC)c4C)nc12. The molecule has 1 amide bonds. The van der Waals surface area contributed by atoms with Gasteiger partial charge in [0, 0.05) is 5.69 Å². The molecular weight excluding hydrogens is 412 g/mol. The number of nitrogens with zero attached hydrogens (tertiary/aromatic N) is 3. The molecule has 9 heteroatoms. The molecule has 4 rings (SSSR count). The summed E-state index contributed by atoms with van der Waals surface area (Å²) in [6.07, 6.45) is 2.86. The van der Waals surface area contributed by atoms with Crippen LogP contribution in [-0.2, 0) is 15.9 Å². The fourth-order valence-corrected chi connectivity index (χ4v) is 4.18. The fraction of sp³-hybridized carbons (Fsp3) is 0.348. The number of benzene rings is 1. The summed E-state index contributed by atoms with van der Waals surface area (Å²) >= 11 is 0. The minimum atomic E-state index is -0.534. The summed E-state index contributed by atoms with van der Waals surface area (Å²) in [6.45, 7) is 5.63. The van der Waals surface area contributed by atoms with Crippen LogP contribution in [0.4, 0.5) is 0 Å². The number of esters is 2. The van der Waals surface area contributed by atoms with Gasteiger partial charge in [0.1, 0.15) is 11.3 Å². The summed E-state index contributed by atoms with van der Waals surface area (Å²) < 4.78 is 11.4. The number of nitrogens with one attached hydrogen (secondary N) is 1. The number of fused-ring (bicyclic) bond motifs is 2. The van der Waals surface area contributed by atoms with Gasteiger partial charge in [-0.3, -0.25) is 4.79 Å². The maximum absolute atomic E-state index is 13.0. The molecule has 9 nitrogen and oxygen atoms in total. The smallest absolute Gasteiger partial charge is 0.343 e. The molecule has 0 unspecified atom stereocenters. The molecule has 1 aliphatic carbocycles. The van der Waals surface area contributed by atoms with Gasteiger partial charge in [0.25, 0.3) is 5.91 Å². The summed E-state index contributed by atoms with van der Waals surface area (Å²) in [5, 5.41) is 7.21. The molecule has 0 fully saturated rings. The summed E-state index contributed by atoms with van der Waals surface area (Å²) in [4.78, 5) is 41.6. The summed E-state index contributed by atoms with van der Waals surface area (Å²) in [5.41, 5.74) is 4.79. The number of aryl methyl sites for hydroxylation is 1. The monoisotopic (exact) mass is 436 g/mol. The Balaban J connectivity index is 1.62. The molecule has 1 aromatic carbocycles. The van der Waals surface area contributed by atoms with Crippen LogP contribution in [0.2, 0.25) is 0 Å². The average Bonchev–Trinajstić information content (AvgIpc) is 3.39. The molecule has 2 heterocycles. The molecule has 32 heavy (non-hydrogen) atoms. The zero-order chi connectivity index (χ0) is 23.0. The Hall–Kier alpha value is -3.75. The lowest BCUT2D eigenvalue weighted by atomic mass is 9.98. The molecule has 1 N–H and O–H groups in total. The zero-order valence-electron chi connectivity index (χ0n) is 18.4. The molecular formula is C23H24N4O5. The largest absolute Gasteiger partial charge is 0.465 e. The van der Waals surface area contributed by atoms with E-state index in [0.29, 0.717) is 17.7 Å². The summed E-state index contributed by atoms with van der Waals surface area (Å²) in [7, 11) is 1.36. The van der Waals surface area contributed by atoms with E-state index < -0.39 is 5.97 Å². The maximum Gasteiger partial charge on any atom is 0.343 e.